The Morgan fingerprint density at radius 3 is 2.43 bits per heavy atom. The second-order valence-electron chi connectivity index (χ2n) is 6.83. The molecule has 0 N–H and O–H groups in total. The summed E-state index contributed by atoms with van der Waals surface area (Å²) in [5.74, 6) is 1.36. The SMILES string of the molecule is Cc1ccccc1N1CCN(C(=S)c2ccc(-c3cccc(Cl)c3Cl)o2)CC1. The van der Waals surface area contributed by atoms with E-state index >= 15 is 0 Å². The predicted octanol–water partition coefficient (Wildman–Crippen LogP) is 6.06. The van der Waals surface area contributed by atoms with Crippen LogP contribution in [0.3, 0.4) is 0 Å². The van der Waals surface area contributed by atoms with Gasteiger partial charge in [0.25, 0.3) is 0 Å². The minimum atomic E-state index is 0.489. The van der Waals surface area contributed by atoms with Gasteiger partial charge in [-0.1, -0.05) is 59.7 Å². The van der Waals surface area contributed by atoms with Crippen LogP contribution in [0.5, 0.6) is 0 Å². The number of hydrogen-bond donors (Lipinski definition) is 0. The van der Waals surface area contributed by atoms with E-state index in [1.165, 1.54) is 11.3 Å². The van der Waals surface area contributed by atoms with Crippen LogP contribution in [0.15, 0.2) is 59.0 Å². The molecule has 3 nitrogen and oxygen atoms in total. The summed E-state index contributed by atoms with van der Waals surface area (Å²) in [4.78, 5) is 5.34. The summed E-state index contributed by atoms with van der Waals surface area (Å²) in [7, 11) is 0. The molecule has 0 unspecified atom stereocenters. The highest BCUT2D eigenvalue weighted by Crippen LogP contribution is 2.34. The van der Waals surface area contributed by atoms with Crippen LogP contribution in [0.25, 0.3) is 11.3 Å². The summed E-state index contributed by atoms with van der Waals surface area (Å²) >= 11 is 18.1. The molecule has 0 amide bonds. The zero-order valence-corrected chi connectivity index (χ0v) is 17.8. The fourth-order valence-electron chi connectivity index (χ4n) is 3.52. The number of rotatable bonds is 3. The van der Waals surface area contributed by atoms with Gasteiger partial charge < -0.3 is 14.2 Å². The number of nitrogens with zero attached hydrogens (tertiary/aromatic N) is 2. The van der Waals surface area contributed by atoms with E-state index in [4.69, 9.17) is 39.8 Å². The molecular weight excluding hydrogens is 411 g/mol. The Kier molecular flexibility index (Phi) is 5.63. The summed E-state index contributed by atoms with van der Waals surface area (Å²) in [6.07, 6.45) is 0. The molecule has 28 heavy (non-hydrogen) atoms. The lowest BCUT2D eigenvalue weighted by molar-refractivity contribution is 0.385. The van der Waals surface area contributed by atoms with E-state index in [0.717, 1.165) is 36.7 Å². The van der Waals surface area contributed by atoms with Gasteiger partial charge in [0.15, 0.2) is 5.76 Å². The molecule has 0 aliphatic carbocycles. The minimum Gasteiger partial charge on any atom is -0.454 e. The van der Waals surface area contributed by atoms with Crippen LogP contribution in [-0.4, -0.2) is 36.1 Å². The lowest BCUT2D eigenvalue weighted by Crippen LogP contribution is -2.48. The smallest absolute Gasteiger partial charge is 0.162 e. The number of hydrogen-bond acceptors (Lipinski definition) is 3. The summed E-state index contributed by atoms with van der Waals surface area (Å²) in [5.41, 5.74) is 3.36. The fraction of sp³-hybridized carbons (Fsp3) is 0.227. The molecular formula is C22H20Cl2N2OS. The van der Waals surface area contributed by atoms with Crippen molar-refractivity contribution in [2.75, 3.05) is 31.1 Å². The zero-order valence-electron chi connectivity index (χ0n) is 15.5. The lowest BCUT2D eigenvalue weighted by atomic mass is 10.1. The third-order valence-corrected chi connectivity index (χ3v) is 6.34. The van der Waals surface area contributed by atoms with Crippen molar-refractivity contribution in [2.24, 2.45) is 0 Å². The monoisotopic (exact) mass is 430 g/mol. The first kappa shape index (κ1) is 19.3. The van der Waals surface area contributed by atoms with E-state index in [9.17, 15) is 0 Å². The standard InChI is InChI=1S/C22H20Cl2N2OS/c1-15-5-2-3-8-18(15)25-11-13-26(14-12-25)22(28)20-10-9-19(27-20)16-6-4-7-17(23)21(16)24/h2-10H,11-14H2,1H3. The van der Waals surface area contributed by atoms with Gasteiger partial charge in [-0.2, -0.15) is 0 Å². The quantitative estimate of drug-likeness (QED) is 0.470. The molecule has 1 aromatic heterocycles. The second kappa shape index (κ2) is 8.16. The van der Waals surface area contributed by atoms with Crippen LogP contribution in [0.1, 0.15) is 11.3 Å². The van der Waals surface area contributed by atoms with Gasteiger partial charge >= 0.3 is 0 Å². The number of halogens is 2. The number of para-hydroxylation sites is 1. The molecule has 1 aliphatic heterocycles. The minimum absolute atomic E-state index is 0.489. The molecule has 1 aliphatic rings. The Hall–Kier alpha value is -2.01. The zero-order chi connectivity index (χ0) is 19.7. The van der Waals surface area contributed by atoms with Crippen LogP contribution in [0.4, 0.5) is 5.69 Å². The summed E-state index contributed by atoms with van der Waals surface area (Å²) < 4.78 is 6.01. The van der Waals surface area contributed by atoms with E-state index < -0.39 is 0 Å². The highest BCUT2D eigenvalue weighted by atomic mass is 35.5. The van der Waals surface area contributed by atoms with E-state index in [1.807, 2.05) is 24.3 Å². The first-order valence-corrected chi connectivity index (χ1v) is 10.3. The topological polar surface area (TPSA) is 19.6 Å². The Morgan fingerprint density at radius 2 is 1.68 bits per heavy atom. The van der Waals surface area contributed by atoms with Gasteiger partial charge in [-0.15, -0.1) is 0 Å². The van der Waals surface area contributed by atoms with Crippen LogP contribution >= 0.6 is 35.4 Å². The average molecular weight is 431 g/mol. The van der Waals surface area contributed by atoms with Crippen molar-refractivity contribution in [2.45, 2.75) is 6.92 Å². The Bertz CT molecular complexity index is 1010. The third-order valence-electron chi connectivity index (χ3n) is 5.06. The van der Waals surface area contributed by atoms with Gasteiger partial charge in [-0.05, 0) is 42.8 Å². The van der Waals surface area contributed by atoms with Crippen molar-refractivity contribution < 1.29 is 4.42 Å². The maximum Gasteiger partial charge on any atom is 0.162 e. The molecule has 0 saturated carbocycles. The first-order valence-electron chi connectivity index (χ1n) is 9.18. The van der Waals surface area contributed by atoms with E-state index in [1.54, 1.807) is 6.07 Å². The summed E-state index contributed by atoms with van der Waals surface area (Å²) in [6, 6.07) is 17.8. The van der Waals surface area contributed by atoms with Gasteiger partial charge in [0.2, 0.25) is 0 Å². The number of anilines is 1. The molecule has 0 bridgehead atoms. The van der Waals surface area contributed by atoms with Crippen molar-refractivity contribution >= 4 is 46.1 Å². The highest BCUT2D eigenvalue weighted by Gasteiger charge is 2.23. The summed E-state index contributed by atoms with van der Waals surface area (Å²) in [6.45, 7) is 5.73. The maximum atomic E-state index is 6.31. The highest BCUT2D eigenvalue weighted by molar-refractivity contribution is 7.80. The number of benzene rings is 2. The fourth-order valence-corrected chi connectivity index (χ4v) is 4.20. The van der Waals surface area contributed by atoms with Crippen LogP contribution in [0.2, 0.25) is 10.0 Å². The van der Waals surface area contributed by atoms with E-state index in [0.29, 0.717) is 21.6 Å². The van der Waals surface area contributed by atoms with Crippen LogP contribution < -0.4 is 4.90 Å². The van der Waals surface area contributed by atoms with Gasteiger partial charge in [-0.3, -0.25) is 0 Å². The molecule has 2 heterocycles. The second-order valence-corrected chi connectivity index (χ2v) is 8.00. The normalized spacial score (nSPS) is 14.4. The number of thiocarbonyl (C=S) groups is 1. The number of furan rings is 1. The van der Waals surface area contributed by atoms with Gasteiger partial charge in [0.05, 0.1) is 10.0 Å². The molecule has 1 fully saturated rings. The van der Waals surface area contributed by atoms with Crippen molar-refractivity contribution in [3.05, 3.63) is 76.0 Å². The Balaban J connectivity index is 1.46. The van der Waals surface area contributed by atoms with Crippen molar-refractivity contribution in [3.8, 4) is 11.3 Å². The molecule has 6 heteroatoms. The molecule has 0 spiro atoms. The largest absolute Gasteiger partial charge is 0.454 e. The molecule has 2 aromatic carbocycles. The number of piperazine rings is 1. The van der Waals surface area contributed by atoms with Crippen molar-refractivity contribution in [1.29, 1.82) is 0 Å². The van der Waals surface area contributed by atoms with Gasteiger partial charge in [0, 0.05) is 37.4 Å². The van der Waals surface area contributed by atoms with E-state index in [2.05, 4.69) is 41.0 Å². The van der Waals surface area contributed by atoms with Crippen LogP contribution in [-0.2, 0) is 0 Å². The first-order chi connectivity index (χ1) is 13.5. The van der Waals surface area contributed by atoms with E-state index in [-0.39, 0.29) is 0 Å². The summed E-state index contributed by atoms with van der Waals surface area (Å²) in [5, 5.41) is 0.995. The third kappa shape index (κ3) is 3.77. The molecule has 0 atom stereocenters. The molecule has 0 radical (unpaired) electrons. The molecule has 1 saturated heterocycles. The molecule has 144 valence electrons. The maximum absolute atomic E-state index is 6.31. The molecule has 4 rings (SSSR count). The molecule has 3 aromatic rings. The Morgan fingerprint density at radius 1 is 0.929 bits per heavy atom. The van der Waals surface area contributed by atoms with Gasteiger partial charge in [-0.25, -0.2) is 0 Å². The lowest BCUT2D eigenvalue weighted by Gasteiger charge is -2.37. The van der Waals surface area contributed by atoms with Crippen molar-refractivity contribution in [1.82, 2.24) is 4.90 Å². The van der Waals surface area contributed by atoms with Gasteiger partial charge in [0.1, 0.15) is 10.7 Å². The predicted molar refractivity (Wildman–Crippen MR) is 121 cm³/mol. The number of aryl methyl sites for hydroxylation is 1. The Labute approximate surface area is 180 Å². The van der Waals surface area contributed by atoms with Crippen LogP contribution in [0, 0.1) is 6.92 Å². The van der Waals surface area contributed by atoms with Crippen molar-refractivity contribution in [3.63, 3.8) is 0 Å². The average Bonchev–Trinajstić information content (AvgIpc) is 3.20.